The fraction of sp³-hybridized carbons (Fsp3) is 0.400. The first kappa shape index (κ1) is 11.9. The monoisotopic (exact) mass is 224 g/mol. The summed E-state index contributed by atoms with van der Waals surface area (Å²) in [6.07, 6.45) is -4.49. The molecule has 0 heterocycles. The van der Waals surface area contributed by atoms with Crippen LogP contribution in [-0.2, 0) is 12.1 Å². The molecule has 0 saturated heterocycles. The summed E-state index contributed by atoms with van der Waals surface area (Å²) in [5.41, 5.74) is -1.35. The van der Waals surface area contributed by atoms with Gasteiger partial charge >= 0.3 is 6.18 Å². The zero-order chi connectivity index (χ0) is 11.9. The molecule has 0 amide bonds. The third kappa shape index (κ3) is 2.67. The minimum atomic E-state index is -4.49. The average molecular weight is 224 g/mol. The van der Waals surface area contributed by atoms with Crippen LogP contribution in [0.25, 0.3) is 0 Å². The highest BCUT2D eigenvalue weighted by atomic mass is 19.4. The molecule has 0 nitrogen and oxygen atoms in total. The summed E-state index contributed by atoms with van der Waals surface area (Å²) in [6, 6.07) is 2.21. The van der Waals surface area contributed by atoms with Gasteiger partial charge in [0.25, 0.3) is 5.92 Å². The standard InChI is InChI=1S/C10H9F5/c1-6-5-7(10(13,14)15)3-4-8(6)9(2,11)12/h3-5H,1-2H3. The van der Waals surface area contributed by atoms with E-state index in [2.05, 4.69) is 0 Å². The van der Waals surface area contributed by atoms with Crippen LogP contribution in [0.4, 0.5) is 22.0 Å². The number of hydrogen-bond acceptors (Lipinski definition) is 0. The quantitative estimate of drug-likeness (QED) is 0.629. The summed E-state index contributed by atoms with van der Waals surface area (Å²) >= 11 is 0. The van der Waals surface area contributed by atoms with E-state index in [1.165, 1.54) is 6.92 Å². The Morgan fingerprint density at radius 2 is 1.53 bits per heavy atom. The molecule has 1 rings (SSSR count). The van der Waals surface area contributed by atoms with Crippen molar-refractivity contribution < 1.29 is 22.0 Å². The van der Waals surface area contributed by atoms with Crippen LogP contribution in [0.15, 0.2) is 18.2 Å². The zero-order valence-electron chi connectivity index (χ0n) is 8.12. The van der Waals surface area contributed by atoms with E-state index in [9.17, 15) is 22.0 Å². The maximum atomic E-state index is 12.9. The maximum Gasteiger partial charge on any atom is 0.416 e. The van der Waals surface area contributed by atoms with E-state index in [0.717, 1.165) is 12.1 Å². The van der Waals surface area contributed by atoms with Gasteiger partial charge in [0.2, 0.25) is 0 Å². The van der Waals surface area contributed by atoms with Gasteiger partial charge in [0, 0.05) is 12.5 Å². The van der Waals surface area contributed by atoms with E-state index in [0.29, 0.717) is 13.0 Å². The first-order chi connectivity index (χ1) is 6.62. The molecule has 1 aromatic rings. The number of alkyl halides is 5. The van der Waals surface area contributed by atoms with Gasteiger partial charge in [-0.15, -0.1) is 0 Å². The molecule has 0 unspecified atom stereocenters. The van der Waals surface area contributed by atoms with Crippen LogP contribution in [0, 0.1) is 6.92 Å². The van der Waals surface area contributed by atoms with Crippen molar-refractivity contribution in [1.29, 1.82) is 0 Å². The van der Waals surface area contributed by atoms with Gasteiger partial charge in [-0.3, -0.25) is 0 Å². The van der Waals surface area contributed by atoms with Crippen molar-refractivity contribution in [3.63, 3.8) is 0 Å². The fourth-order valence-corrected chi connectivity index (χ4v) is 1.33. The SMILES string of the molecule is Cc1cc(C(F)(F)F)ccc1C(C)(F)F. The molecule has 0 atom stereocenters. The zero-order valence-corrected chi connectivity index (χ0v) is 8.12. The molecule has 5 heteroatoms. The van der Waals surface area contributed by atoms with E-state index < -0.39 is 17.7 Å². The number of benzene rings is 1. The topological polar surface area (TPSA) is 0 Å². The molecule has 0 aliphatic heterocycles. The third-order valence-corrected chi connectivity index (χ3v) is 2.03. The average Bonchev–Trinajstić information content (AvgIpc) is 1.99. The Balaban J connectivity index is 3.21. The Hall–Kier alpha value is -1.13. The summed E-state index contributed by atoms with van der Waals surface area (Å²) in [5.74, 6) is -3.12. The van der Waals surface area contributed by atoms with Crippen LogP contribution in [0.1, 0.15) is 23.6 Å². The summed E-state index contributed by atoms with van der Waals surface area (Å²) in [7, 11) is 0. The molecule has 1 aromatic carbocycles. The molecule has 0 aromatic heterocycles. The Morgan fingerprint density at radius 3 is 1.87 bits per heavy atom. The van der Waals surface area contributed by atoms with Crippen molar-refractivity contribution in [2.24, 2.45) is 0 Å². The highest BCUT2D eigenvalue weighted by molar-refractivity contribution is 5.34. The van der Waals surface area contributed by atoms with Crippen LogP contribution in [-0.4, -0.2) is 0 Å². The second kappa shape index (κ2) is 3.47. The van der Waals surface area contributed by atoms with Gasteiger partial charge in [-0.2, -0.15) is 13.2 Å². The Bertz CT molecular complexity index is 359. The van der Waals surface area contributed by atoms with E-state index in [-0.39, 0.29) is 11.1 Å². The molecule has 0 aliphatic carbocycles. The Morgan fingerprint density at radius 1 is 1.00 bits per heavy atom. The summed E-state index contributed by atoms with van der Waals surface area (Å²) in [6.45, 7) is 1.89. The first-order valence-electron chi connectivity index (χ1n) is 4.18. The minimum Gasteiger partial charge on any atom is -0.202 e. The third-order valence-electron chi connectivity index (χ3n) is 2.03. The van der Waals surface area contributed by atoms with Crippen molar-refractivity contribution >= 4 is 0 Å². The predicted molar refractivity (Wildman–Crippen MR) is 45.7 cm³/mol. The van der Waals surface area contributed by atoms with Gasteiger partial charge in [-0.05, 0) is 24.6 Å². The minimum absolute atomic E-state index is 0.0580. The lowest BCUT2D eigenvalue weighted by atomic mass is 10.0. The van der Waals surface area contributed by atoms with E-state index >= 15 is 0 Å². The number of halogens is 5. The van der Waals surface area contributed by atoms with Crippen LogP contribution < -0.4 is 0 Å². The van der Waals surface area contributed by atoms with Crippen LogP contribution in [0.2, 0.25) is 0 Å². The van der Waals surface area contributed by atoms with E-state index in [1.807, 2.05) is 0 Å². The molecule has 0 spiro atoms. The lowest BCUT2D eigenvalue weighted by molar-refractivity contribution is -0.137. The van der Waals surface area contributed by atoms with Gasteiger partial charge in [0.15, 0.2) is 0 Å². The molecule has 0 bridgehead atoms. The smallest absolute Gasteiger partial charge is 0.202 e. The number of aryl methyl sites for hydroxylation is 1. The number of hydrogen-bond donors (Lipinski definition) is 0. The summed E-state index contributed by atoms with van der Waals surface area (Å²) < 4.78 is 62.4. The van der Waals surface area contributed by atoms with Gasteiger partial charge in [0.1, 0.15) is 0 Å². The van der Waals surface area contributed by atoms with Crippen molar-refractivity contribution in [1.82, 2.24) is 0 Å². The lowest BCUT2D eigenvalue weighted by Gasteiger charge is -2.15. The Kier molecular flexibility index (Phi) is 2.76. The summed E-state index contributed by atoms with van der Waals surface area (Å²) in [4.78, 5) is 0. The summed E-state index contributed by atoms with van der Waals surface area (Å²) in [5, 5.41) is 0. The molecule has 0 N–H and O–H groups in total. The van der Waals surface area contributed by atoms with Crippen LogP contribution >= 0.6 is 0 Å². The molecule has 0 saturated carbocycles. The van der Waals surface area contributed by atoms with Gasteiger partial charge < -0.3 is 0 Å². The molecule has 0 radical (unpaired) electrons. The lowest BCUT2D eigenvalue weighted by Crippen LogP contribution is -2.12. The van der Waals surface area contributed by atoms with Gasteiger partial charge in [-0.1, -0.05) is 6.07 Å². The van der Waals surface area contributed by atoms with E-state index in [4.69, 9.17) is 0 Å². The molecular weight excluding hydrogens is 215 g/mol. The maximum absolute atomic E-state index is 12.9. The highest BCUT2D eigenvalue weighted by Gasteiger charge is 2.33. The van der Waals surface area contributed by atoms with Crippen molar-refractivity contribution in [2.75, 3.05) is 0 Å². The van der Waals surface area contributed by atoms with Crippen LogP contribution in [0.5, 0.6) is 0 Å². The van der Waals surface area contributed by atoms with Crippen molar-refractivity contribution in [3.05, 3.63) is 34.9 Å². The number of rotatable bonds is 1. The second-order valence-corrected chi connectivity index (χ2v) is 3.42. The van der Waals surface area contributed by atoms with Crippen molar-refractivity contribution in [2.45, 2.75) is 25.9 Å². The molecule has 0 fully saturated rings. The molecule has 15 heavy (non-hydrogen) atoms. The molecule has 0 aliphatic rings. The second-order valence-electron chi connectivity index (χ2n) is 3.42. The fourth-order valence-electron chi connectivity index (χ4n) is 1.33. The van der Waals surface area contributed by atoms with E-state index in [1.54, 1.807) is 0 Å². The Labute approximate surface area is 83.7 Å². The predicted octanol–water partition coefficient (Wildman–Crippen LogP) is 4.13. The highest BCUT2D eigenvalue weighted by Crippen LogP contribution is 2.34. The molecular formula is C10H9F5. The largest absolute Gasteiger partial charge is 0.416 e. The van der Waals surface area contributed by atoms with Gasteiger partial charge in [-0.25, -0.2) is 8.78 Å². The van der Waals surface area contributed by atoms with Crippen molar-refractivity contribution in [3.8, 4) is 0 Å². The normalized spacial score (nSPS) is 13.0. The first-order valence-corrected chi connectivity index (χ1v) is 4.18. The molecule has 84 valence electrons. The van der Waals surface area contributed by atoms with Crippen LogP contribution in [0.3, 0.4) is 0 Å². The van der Waals surface area contributed by atoms with Gasteiger partial charge in [0.05, 0.1) is 5.56 Å².